The summed E-state index contributed by atoms with van der Waals surface area (Å²) in [5.41, 5.74) is 3.81. The summed E-state index contributed by atoms with van der Waals surface area (Å²) < 4.78 is 0. The molecule has 4 N–H and O–H groups in total. The first-order valence-corrected chi connectivity index (χ1v) is 5.68. The quantitative estimate of drug-likeness (QED) is 0.535. The lowest BCUT2D eigenvalue weighted by molar-refractivity contribution is 0.0938. The Kier molecular flexibility index (Phi) is 3.41. The number of anilines is 1. The van der Waals surface area contributed by atoms with E-state index in [0.717, 1.165) is 12.8 Å². The summed E-state index contributed by atoms with van der Waals surface area (Å²) in [5.74, 6) is 5.33. The highest BCUT2D eigenvalue weighted by atomic mass is 16.1. The minimum atomic E-state index is -0.0412. The summed E-state index contributed by atoms with van der Waals surface area (Å²) in [6.07, 6.45) is 4.59. The fourth-order valence-corrected chi connectivity index (χ4v) is 2.14. The van der Waals surface area contributed by atoms with E-state index in [1.54, 1.807) is 12.1 Å². The minimum Gasteiger partial charge on any atom is -0.349 e. The largest absolute Gasteiger partial charge is 0.349 e. The molecule has 0 radical (unpaired) electrons. The van der Waals surface area contributed by atoms with E-state index in [9.17, 15) is 4.79 Å². The molecule has 1 aliphatic carbocycles. The molecule has 86 valence electrons. The third-order valence-corrected chi connectivity index (χ3v) is 3.02. The molecule has 0 saturated heterocycles. The van der Waals surface area contributed by atoms with Crippen molar-refractivity contribution in [1.29, 1.82) is 0 Å². The number of carbonyl (C=O) groups is 1. The van der Waals surface area contributed by atoms with Crippen molar-refractivity contribution in [3.8, 4) is 0 Å². The molecule has 16 heavy (non-hydrogen) atoms. The molecule has 0 atom stereocenters. The Labute approximate surface area is 95.2 Å². The Morgan fingerprint density at radius 1 is 1.25 bits per heavy atom. The number of para-hydroxylation sites is 1. The highest BCUT2D eigenvalue weighted by Gasteiger charge is 2.19. The molecule has 0 bridgehead atoms. The van der Waals surface area contributed by atoms with Crippen LogP contribution >= 0.6 is 0 Å². The molecule has 0 unspecified atom stereocenters. The van der Waals surface area contributed by atoms with E-state index >= 15 is 0 Å². The van der Waals surface area contributed by atoms with Crippen LogP contribution < -0.4 is 16.6 Å². The zero-order chi connectivity index (χ0) is 11.4. The van der Waals surface area contributed by atoms with Gasteiger partial charge in [0.25, 0.3) is 5.91 Å². The summed E-state index contributed by atoms with van der Waals surface area (Å²) in [5, 5.41) is 3.04. The van der Waals surface area contributed by atoms with E-state index in [1.165, 1.54) is 12.8 Å². The fourth-order valence-electron chi connectivity index (χ4n) is 2.14. The Hall–Kier alpha value is -1.55. The van der Waals surface area contributed by atoms with Crippen molar-refractivity contribution in [3.05, 3.63) is 29.8 Å². The molecule has 1 aromatic carbocycles. The number of hydrogen-bond donors (Lipinski definition) is 3. The van der Waals surface area contributed by atoms with Crippen LogP contribution in [0.2, 0.25) is 0 Å². The van der Waals surface area contributed by atoms with Crippen LogP contribution in [0.1, 0.15) is 36.0 Å². The van der Waals surface area contributed by atoms with Crippen LogP contribution in [-0.2, 0) is 0 Å². The molecule has 1 fully saturated rings. The predicted molar refractivity (Wildman–Crippen MR) is 64.0 cm³/mol. The molecule has 0 aliphatic heterocycles. The second kappa shape index (κ2) is 4.99. The van der Waals surface area contributed by atoms with E-state index < -0.39 is 0 Å². The van der Waals surface area contributed by atoms with E-state index in [0.29, 0.717) is 17.3 Å². The number of hydrogen-bond acceptors (Lipinski definition) is 3. The van der Waals surface area contributed by atoms with Gasteiger partial charge in [-0.25, -0.2) is 0 Å². The average Bonchev–Trinajstić information content (AvgIpc) is 2.81. The second-order valence-electron chi connectivity index (χ2n) is 4.14. The lowest BCUT2D eigenvalue weighted by Gasteiger charge is -2.13. The smallest absolute Gasteiger partial charge is 0.253 e. The van der Waals surface area contributed by atoms with Crippen LogP contribution in [0.25, 0.3) is 0 Å². The molecule has 1 aromatic rings. The van der Waals surface area contributed by atoms with Gasteiger partial charge in [0.05, 0.1) is 11.3 Å². The van der Waals surface area contributed by atoms with Crippen molar-refractivity contribution >= 4 is 11.6 Å². The lowest BCUT2D eigenvalue weighted by atomic mass is 10.1. The monoisotopic (exact) mass is 219 g/mol. The zero-order valence-electron chi connectivity index (χ0n) is 9.20. The molecule has 4 heteroatoms. The number of nitrogens with one attached hydrogen (secondary N) is 2. The second-order valence-corrected chi connectivity index (χ2v) is 4.14. The Morgan fingerprint density at radius 3 is 2.62 bits per heavy atom. The van der Waals surface area contributed by atoms with Crippen molar-refractivity contribution < 1.29 is 4.79 Å². The number of benzene rings is 1. The minimum absolute atomic E-state index is 0.0412. The van der Waals surface area contributed by atoms with Gasteiger partial charge in [0.2, 0.25) is 0 Å². The van der Waals surface area contributed by atoms with E-state index in [2.05, 4.69) is 10.7 Å². The number of nitrogen functional groups attached to an aromatic ring is 1. The first-order chi connectivity index (χ1) is 7.81. The lowest BCUT2D eigenvalue weighted by Crippen LogP contribution is -2.33. The van der Waals surface area contributed by atoms with Gasteiger partial charge >= 0.3 is 0 Å². The van der Waals surface area contributed by atoms with Crippen molar-refractivity contribution in [2.24, 2.45) is 5.84 Å². The number of carbonyl (C=O) groups excluding carboxylic acids is 1. The van der Waals surface area contributed by atoms with Gasteiger partial charge in [0.1, 0.15) is 0 Å². The first kappa shape index (κ1) is 11.0. The highest BCUT2D eigenvalue weighted by molar-refractivity contribution is 5.99. The van der Waals surface area contributed by atoms with Gasteiger partial charge < -0.3 is 10.7 Å². The van der Waals surface area contributed by atoms with Crippen LogP contribution in [-0.4, -0.2) is 11.9 Å². The van der Waals surface area contributed by atoms with Gasteiger partial charge in [-0.15, -0.1) is 0 Å². The number of rotatable bonds is 3. The maximum atomic E-state index is 12.0. The van der Waals surface area contributed by atoms with Crippen LogP contribution in [0.3, 0.4) is 0 Å². The van der Waals surface area contributed by atoms with Crippen molar-refractivity contribution in [3.63, 3.8) is 0 Å². The van der Waals surface area contributed by atoms with E-state index in [4.69, 9.17) is 5.84 Å². The molecule has 1 amide bonds. The third kappa shape index (κ3) is 2.33. The molecule has 4 nitrogen and oxygen atoms in total. The van der Waals surface area contributed by atoms with Crippen LogP contribution in [0.15, 0.2) is 24.3 Å². The van der Waals surface area contributed by atoms with Gasteiger partial charge in [-0.1, -0.05) is 25.0 Å². The zero-order valence-corrected chi connectivity index (χ0v) is 9.20. The predicted octanol–water partition coefficient (Wildman–Crippen LogP) is 1.64. The average molecular weight is 219 g/mol. The molecular formula is C12H17N3O. The molecule has 0 heterocycles. The van der Waals surface area contributed by atoms with E-state index in [-0.39, 0.29) is 5.91 Å². The maximum absolute atomic E-state index is 12.0. The molecule has 0 aromatic heterocycles. The summed E-state index contributed by atoms with van der Waals surface area (Å²) in [6.45, 7) is 0. The normalized spacial score (nSPS) is 16.1. The van der Waals surface area contributed by atoms with Gasteiger partial charge in [0, 0.05) is 6.04 Å². The van der Waals surface area contributed by atoms with Crippen LogP contribution in [0.5, 0.6) is 0 Å². The standard InChI is InChI=1S/C12H17N3O/c13-15-11-8-4-3-7-10(11)12(16)14-9-5-1-2-6-9/h3-4,7-9,15H,1-2,5-6,13H2,(H,14,16). The van der Waals surface area contributed by atoms with Gasteiger partial charge in [-0.2, -0.15) is 0 Å². The molecule has 1 aliphatic rings. The molecule has 0 spiro atoms. The maximum Gasteiger partial charge on any atom is 0.253 e. The van der Waals surface area contributed by atoms with Crippen molar-refractivity contribution in [1.82, 2.24) is 5.32 Å². The van der Waals surface area contributed by atoms with Gasteiger partial charge in [0.15, 0.2) is 0 Å². The summed E-state index contributed by atoms with van der Waals surface area (Å²) in [7, 11) is 0. The van der Waals surface area contributed by atoms with E-state index in [1.807, 2.05) is 12.1 Å². The molecule has 1 saturated carbocycles. The number of nitrogens with two attached hydrogens (primary N) is 1. The van der Waals surface area contributed by atoms with Crippen molar-refractivity contribution in [2.45, 2.75) is 31.7 Å². The number of amides is 1. The highest BCUT2D eigenvalue weighted by Crippen LogP contribution is 2.19. The SMILES string of the molecule is NNc1ccccc1C(=O)NC1CCCC1. The van der Waals surface area contributed by atoms with Gasteiger partial charge in [-0.3, -0.25) is 10.6 Å². The summed E-state index contributed by atoms with van der Waals surface area (Å²) in [4.78, 5) is 12.0. The summed E-state index contributed by atoms with van der Waals surface area (Å²) >= 11 is 0. The van der Waals surface area contributed by atoms with Gasteiger partial charge in [-0.05, 0) is 25.0 Å². The topological polar surface area (TPSA) is 67.1 Å². The molecular weight excluding hydrogens is 202 g/mol. The Bertz CT molecular complexity index is 372. The van der Waals surface area contributed by atoms with Crippen LogP contribution in [0, 0.1) is 0 Å². The third-order valence-electron chi connectivity index (χ3n) is 3.02. The summed E-state index contributed by atoms with van der Waals surface area (Å²) in [6, 6.07) is 7.59. The Morgan fingerprint density at radius 2 is 1.94 bits per heavy atom. The molecule has 2 rings (SSSR count). The number of hydrazine groups is 1. The van der Waals surface area contributed by atoms with Crippen LogP contribution in [0.4, 0.5) is 5.69 Å². The fraction of sp³-hybridized carbons (Fsp3) is 0.417. The Balaban J connectivity index is 2.07. The van der Waals surface area contributed by atoms with Crippen molar-refractivity contribution in [2.75, 3.05) is 5.43 Å². The first-order valence-electron chi connectivity index (χ1n) is 5.68.